The monoisotopic (exact) mass is 415 g/mol. The first-order chi connectivity index (χ1) is 14.0. The van der Waals surface area contributed by atoms with E-state index in [1.54, 1.807) is 13.2 Å². The molecule has 29 heavy (non-hydrogen) atoms. The summed E-state index contributed by atoms with van der Waals surface area (Å²) in [5.41, 5.74) is 2.76. The number of piperidine rings is 1. The molecule has 0 radical (unpaired) electrons. The Hall–Kier alpha value is -2.64. The number of carbonyl (C=O) groups excluding carboxylic acids is 1. The number of aromatic amines is 1. The maximum Gasteiger partial charge on any atom is 0.254 e. The van der Waals surface area contributed by atoms with Crippen LogP contribution in [0.3, 0.4) is 0 Å². The minimum absolute atomic E-state index is 0.253. The maximum atomic E-state index is 15.1. The molecule has 1 aromatic carbocycles. The number of H-pyrrole nitrogens is 1. The molecule has 3 aromatic rings. The van der Waals surface area contributed by atoms with Gasteiger partial charge in [-0.1, -0.05) is 23.7 Å². The van der Waals surface area contributed by atoms with Crippen LogP contribution in [-0.2, 0) is 6.54 Å². The van der Waals surface area contributed by atoms with Gasteiger partial charge in [0, 0.05) is 49.5 Å². The zero-order chi connectivity index (χ0) is 20.4. The van der Waals surface area contributed by atoms with Gasteiger partial charge in [-0.05, 0) is 30.2 Å². The summed E-state index contributed by atoms with van der Waals surface area (Å²) in [5, 5.41) is 7.38. The molecule has 0 spiro atoms. The zero-order valence-electron chi connectivity index (χ0n) is 16.1. The first-order valence-electron chi connectivity index (χ1n) is 9.60. The Bertz CT molecular complexity index is 1020. The predicted octanol–water partition coefficient (Wildman–Crippen LogP) is 3.60. The van der Waals surface area contributed by atoms with Crippen molar-refractivity contribution in [1.29, 1.82) is 0 Å². The summed E-state index contributed by atoms with van der Waals surface area (Å²) >= 11 is 6.05. The molecule has 0 bridgehead atoms. The number of benzene rings is 1. The van der Waals surface area contributed by atoms with E-state index in [9.17, 15) is 4.79 Å². The average Bonchev–Trinajstić information content (AvgIpc) is 3.19. The molecule has 1 aliphatic heterocycles. The third-order valence-electron chi connectivity index (χ3n) is 5.31. The minimum Gasteiger partial charge on any atom is -0.378 e. The van der Waals surface area contributed by atoms with E-state index in [0.29, 0.717) is 41.4 Å². The molecule has 6 nitrogen and oxygen atoms in total. The van der Waals surface area contributed by atoms with Gasteiger partial charge in [0.25, 0.3) is 5.91 Å². The summed E-state index contributed by atoms with van der Waals surface area (Å²) in [6, 6.07) is 9.12. The number of nitrogens with one attached hydrogen (secondary N) is 3. The highest BCUT2D eigenvalue weighted by Gasteiger charge is 2.30. The van der Waals surface area contributed by atoms with E-state index in [2.05, 4.69) is 25.5 Å². The third kappa shape index (κ3) is 4.21. The highest BCUT2D eigenvalue weighted by Crippen LogP contribution is 2.29. The number of carbonyl (C=O) groups is 1. The Labute approximate surface area is 173 Å². The van der Waals surface area contributed by atoms with Gasteiger partial charge in [-0.3, -0.25) is 9.69 Å². The fraction of sp³-hybridized carbons (Fsp3) is 0.333. The zero-order valence-corrected chi connectivity index (χ0v) is 16.8. The van der Waals surface area contributed by atoms with E-state index in [-0.39, 0.29) is 11.9 Å². The summed E-state index contributed by atoms with van der Waals surface area (Å²) < 4.78 is 15.1. The smallest absolute Gasteiger partial charge is 0.254 e. The van der Waals surface area contributed by atoms with Gasteiger partial charge >= 0.3 is 0 Å². The van der Waals surface area contributed by atoms with Crippen molar-refractivity contribution in [1.82, 2.24) is 20.2 Å². The summed E-state index contributed by atoms with van der Waals surface area (Å²) in [6.07, 6.45) is 2.84. The van der Waals surface area contributed by atoms with E-state index in [1.165, 1.54) is 6.20 Å². The molecule has 1 amide bonds. The number of hydrogen-bond donors (Lipinski definition) is 3. The van der Waals surface area contributed by atoms with Gasteiger partial charge in [0.05, 0.1) is 17.3 Å². The molecule has 4 rings (SSSR count). The van der Waals surface area contributed by atoms with Gasteiger partial charge in [-0.2, -0.15) is 0 Å². The largest absolute Gasteiger partial charge is 0.378 e. The SMILES string of the molecule is CNC(=O)c1cnc2[nH]ccc2c1N[C@H]1CCN(Cc2cccc(Cl)c2)C[C@H]1F. The van der Waals surface area contributed by atoms with Crippen molar-refractivity contribution < 1.29 is 9.18 Å². The lowest BCUT2D eigenvalue weighted by atomic mass is 10.0. The molecule has 8 heteroatoms. The van der Waals surface area contributed by atoms with Crippen LogP contribution in [0.1, 0.15) is 22.3 Å². The second-order valence-corrected chi connectivity index (χ2v) is 7.72. The molecule has 3 N–H and O–H groups in total. The van der Waals surface area contributed by atoms with E-state index in [1.807, 2.05) is 30.3 Å². The normalized spacial score (nSPS) is 20.0. The Morgan fingerprint density at radius 1 is 1.41 bits per heavy atom. The van der Waals surface area contributed by atoms with Gasteiger partial charge in [0.1, 0.15) is 11.8 Å². The van der Waals surface area contributed by atoms with Gasteiger partial charge < -0.3 is 15.6 Å². The number of fused-ring (bicyclic) bond motifs is 1. The highest BCUT2D eigenvalue weighted by atomic mass is 35.5. The van der Waals surface area contributed by atoms with Gasteiger partial charge in [-0.15, -0.1) is 0 Å². The highest BCUT2D eigenvalue weighted by molar-refractivity contribution is 6.30. The third-order valence-corrected chi connectivity index (χ3v) is 5.54. The number of hydrogen-bond acceptors (Lipinski definition) is 4. The summed E-state index contributed by atoms with van der Waals surface area (Å²) in [6.45, 7) is 1.73. The van der Waals surface area contributed by atoms with Crippen LogP contribution < -0.4 is 10.6 Å². The summed E-state index contributed by atoms with van der Waals surface area (Å²) in [4.78, 5) is 21.7. The van der Waals surface area contributed by atoms with E-state index >= 15 is 4.39 Å². The topological polar surface area (TPSA) is 73.0 Å². The fourth-order valence-electron chi connectivity index (χ4n) is 3.82. The standard InChI is InChI=1S/C21H23ClFN5O/c1-24-21(29)16-10-26-20-15(5-7-25-20)19(16)27-18-6-8-28(12-17(18)23)11-13-3-2-4-14(22)9-13/h2-5,7,9-10,17-18H,6,8,11-12H2,1H3,(H,24,29)(H2,25,26,27)/t17-,18+/m1/s1. The van der Waals surface area contributed by atoms with E-state index in [4.69, 9.17) is 11.6 Å². The van der Waals surface area contributed by atoms with Crippen molar-refractivity contribution in [2.24, 2.45) is 0 Å². The molecular weight excluding hydrogens is 393 g/mol. The number of pyridine rings is 1. The Morgan fingerprint density at radius 2 is 2.28 bits per heavy atom. The predicted molar refractivity (Wildman–Crippen MR) is 113 cm³/mol. The number of likely N-dealkylation sites (tertiary alicyclic amines) is 1. The Morgan fingerprint density at radius 3 is 3.03 bits per heavy atom. The van der Waals surface area contributed by atoms with Crippen molar-refractivity contribution in [3.8, 4) is 0 Å². The van der Waals surface area contributed by atoms with Crippen LogP contribution in [-0.4, -0.2) is 53.1 Å². The van der Waals surface area contributed by atoms with Crippen LogP contribution in [0.4, 0.5) is 10.1 Å². The molecular formula is C21H23ClFN5O. The molecule has 3 heterocycles. The fourth-order valence-corrected chi connectivity index (χ4v) is 4.04. The summed E-state index contributed by atoms with van der Waals surface area (Å²) in [7, 11) is 1.57. The van der Waals surface area contributed by atoms with Gasteiger partial charge in [0.15, 0.2) is 0 Å². The van der Waals surface area contributed by atoms with Crippen LogP contribution >= 0.6 is 11.6 Å². The first-order valence-corrected chi connectivity index (χ1v) is 9.98. The number of alkyl halides is 1. The molecule has 1 saturated heterocycles. The molecule has 2 aromatic heterocycles. The molecule has 2 atom stereocenters. The maximum absolute atomic E-state index is 15.1. The average molecular weight is 416 g/mol. The van der Waals surface area contributed by atoms with Gasteiger partial charge in [0.2, 0.25) is 0 Å². The quantitative estimate of drug-likeness (QED) is 0.595. The van der Waals surface area contributed by atoms with Crippen LogP contribution in [0.5, 0.6) is 0 Å². The van der Waals surface area contributed by atoms with Gasteiger partial charge in [-0.25, -0.2) is 9.37 Å². The van der Waals surface area contributed by atoms with Crippen molar-refractivity contribution >= 4 is 34.2 Å². The molecule has 0 unspecified atom stereocenters. The lowest BCUT2D eigenvalue weighted by Gasteiger charge is -2.36. The van der Waals surface area contributed by atoms with E-state index in [0.717, 1.165) is 17.5 Å². The first kappa shape index (κ1) is 19.7. The number of rotatable bonds is 5. The van der Waals surface area contributed by atoms with Crippen LogP contribution in [0.15, 0.2) is 42.7 Å². The molecule has 152 valence electrons. The number of aromatic nitrogens is 2. The lowest BCUT2D eigenvalue weighted by molar-refractivity contribution is 0.0962. The van der Waals surface area contributed by atoms with Crippen LogP contribution in [0.25, 0.3) is 11.0 Å². The number of halogens is 2. The Balaban J connectivity index is 1.50. The van der Waals surface area contributed by atoms with Crippen molar-refractivity contribution in [2.75, 3.05) is 25.5 Å². The second kappa shape index (κ2) is 8.39. The van der Waals surface area contributed by atoms with Crippen molar-refractivity contribution in [3.63, 3.8) is 0 Å². The van der Waals surface area contributed by atoms with Crippen molar-refractivity contribution in [3.05, 3.63) is 58.9 Å². The summed E-state index contributed by atoms with van der Waals surface area (Å²) in [5.74, 6) is -0.253. The molecule has 1 fully saturated rings. The Kier molecular flexibility index (Phi) is 5.69. The number of amides is 1. The van der Waals surface area contributed by atoms with Crippen molar-refractivity contribution in [2.45, 2.75) is 25.2 Å². The van der Waals surface area contributed by atoms with Crippen LogP contribution in [0.2, 0.25) is 5.02 Å². The van der Waals surface area contributed by atoms with E-state index < -0.39 is 6.17 Å². The second-order valence-electron chi connectivity index (χ2n) is 7.29. The molecule has 0 aliphatic carbocycles. The number of nitrogens with zero attached hydrogens (tertiary/aromatic N) is 2. The molecule has 1 aliphatic rings. The number of anilines is 1. The lowest BCUT2D eigenvalue weighted by Crippen LogP contribution is -2.47. The minimum atomic E-state index is -1.07. The van der Waals surface area contributed by atoms with Crippen LogP contribution in [0, 0.1) is 0 Å². The molecule has 0 saturated carbocycles.